The standard InChI is InChI=1S/C25H32N2O3/c1-19-11-20(2)13-22(12-19)16-26-17-25(30-18-26)7-9-27(10-8-25)24(28)15-21-5-4-6-23(14-21)29-3/h4-6,11-14H,7-10,15-18H2,1-3H3. The zero-order valence-electron chi connectivity index (χ0n) is 18.3. The molecule has 0 saturated carbocycles. The highest BCUT2D eigenvalue weighted by Crippen LogP contribution is 2.33. The largest absolute Gasteiger partial charge is 0.497 e. The predicted octanol–water partition coefficient (Wildman–Crippen LogP) is 3.71. The van der Waals surface area contributed by atoms with Gasteiger partial charge < -0.3 is 14.4 Å². The number of ether oxygens (including phenoxy) is 2. The number of carbonyl (C=O) groups is 1. The van der Waals surface area contributed by atoms with Gasteiger partial charge in [-0.05, 0) is 49.9 Å². The summed E-state index contributed by atoms with van der Waals surface area (Å²) in [5, 5.41) is 0. The minimum atomic E-state index is -0.106. The van der Waals surface area contributed by atoms with Crippen molar-refractivity contribution in [3.63, 3.8) is 0 Å². The minimum absolute atomic E-state index is 0.106. The van der Waals surface area contributed by atoms with E-state index in [-0.39, 0.29) is 11.5 Å². The molecule has 2 saturated heterocycles. The van der Waals surface area contributed by atoms with Gasteiger partial charge in [0.25, 0.3) is 0 Å². The normalized spacial score (nSPS) is 18.7. The van der Waals surface area contributed by atoms with Crippen molar-refractivity contribution in [2.75, 3.05) is 33.5 Å². The van der Waals surface area contributed by atoms with Crippen LogP contribution in [0.2, 0.25) is 0 Å². The second-order valence-electron chi connectivity index (χ2n) is 8.85. The summed E-state index contributed by atoms with van der Waals surface area (Å²) in [6.07, 6.45) is 2.23. The van der Waals surface area contributed by atoms with Crippen LogP contribution in [0.25, 0.3) is 0 Å². The first kappa shape index (κ1) is 20.9. The number of piperidine rings is 1. The number of likely N-dealkylation sites (tertiary alicyclic amines) is 1. The quantitative estimate of drug-likeness (QED) is 0.757. The van der Waals surface area contributed by atoms with E-state index >= 15 is 0 Å². The van der Waals surface area contributed by atoms with Gasteiger partial charge in [-0.25, -0.2) is 0 Å². The lowest BCUT2D eigenvalue weighted by Crippen LogP contribution is -2.49. The average Bonchev–Trinajstić information content (AvgIpc) is 3.09. The Kier molecular flexibility index (Phi) is 6.11. The van der Waals surface area contributed by atoms with E-state index in [4.69, 9.17) is 9.47 Å². The minimum Gasteiger partial charge on any atom is -0.497 e. The number of hydrogen-bond acceptors (Lipinski definition) is 4. The summed E-state index contributed by atoms with van der Waals surface area (Å²) in [4.78, 5) is 17.2. The Balaban J connectivity index is 1.30. The summed E-state index contributed by atoms with van der Waals surface area (Å²) in [5.41, 5.74) is 4.85. The van der Waals surface area contributed by atoms with Crippen LogP contribution in [-0.4, -0.2) is 54.8 Å². The molecule has 0 aromatic heterocycles. The maximum atomic E-state index is 12.8. The molecule has 4 rings (SSSR count). The number of hydrogen-bond donors (Lipinski definition) is 0. The number of aryl methyl sites for hydroxylation is 2. The second kappa shape index (κ2) is 8.78. The van der Waals surface area contributed by atoms with Crippen molar-refractivity contribution >= 4 is 5.91 Å². The predicted molar refractivity (Wildman–Crippen MR) is 118 cm³/mol. The Bertz CT molecular complexity index is 883. The van der Waals surface area contributed by atoms with Crippen LogP contribution >= 0.6 is 0 Å². The van der Waals surface area contributed by atoms with Crippen LogP contribution in [-0.2, 0) is 22.5 Å². The van der Waals surface area contributed by atoms with E-state index in [0.717, 1.165) is 50.3 Å². The molecule has 1 spiro atoms. The highest BCUT2D eigenvalue weighted by Gasteiger charge is 2.42. The third-order valence-corrected chi connectivity index (χ3v) is 6.27. The molecule has 2 heterocycles. The van der Waals surface area contributed by atoms with Crippen LogP contribution in [0.5, 0.6) is 5.75 Å². The van der Waals surface area contributed by atoms with Gasteiger partial charge >= 0.3 is 0 Å². The number of carbonyl (C=O) groups excluding carboxylic acids is 1. The van der Waals surface area contributed by atoms with E-state index in [0.29, 0.717) is 13.2 Å². The number of benzene rings is 2. The Morgan fingerprint density at radius 2 is 1.80 bits per heavy atom. The summed E-state index contributed by atoms with van der Waals surface area (Å²) >= 11 is 0. The zero-order valence-corrected chi connectivity index (χ0v) is 18.3. The van der Waals surface area contributed by atoms with Gasteiger partial charge in [0.2, 0.25) is 5.91 Å². The lowest BCUT2D eigenvalue weighted by Gasteiger charge is -2.38. The SMILES string of the molecule is COc1cccc(CC(=O)N2CCC3(CC2)CN(Cc2cc(C)cc(C)c2)CO3)c1. The van der Waals surface area contributed by atoms with Crippen molar-refractivity contribution < 1.29 is 14.3 Å². The van der Waals surface area contributed by atoms with E-state index in [1.807, 2.05) is 29.2 Å². The van der Waals surface area contributed by atoms with Crippen molar-refractivity contribution in [2.24, 2.45) is 0 Å². The van der Waals surface area contributed by atoms with Gasteiger partial charge in [0.05, 0.1) is 19.1 Å². The van der Waals surface area contributed by atoms with E-state index < -0.39 is 0 Å². The Labute approximate surface area is 179 Å². The summed E-state index contributed by atoms with van der Waals surface area (Å²) < 4.78 is 11.5. The summed E-state index contributed by atoms with van der Waals surface area (Å²) in [6.45, 7) is 8.36. The van der Waals surface area contributed by atoms with Crippen LogP contribution in [0.3, 0.4) is 0 Å². The van der Waals surface area contributed by atoms with Gasteiger partial charge in [-0.3, -0.25) is 9.69 Å². The molecule has 5 nitrogen and oxygen atoms in total. The van der Waals surface area contributed by atoms with Crippen LogP contribution in [0.4, 0.5) is 0 Å². The molecule has 0 unspecified atom stereocenters. The molecule has 160 valence electrons. The van der Waals surface area contributed by atoms with Gasteiger partial charge in [-0.2, -0.15) is 0 Å². The first-order valence-corrected chi connectivity index (χ1v) is 10.8. The van der Waals surface area contributed by atoms with Crippen LogP contribution in [0.1, 0.15) is 35.1 Å². The zero-order chi connectivity index (χ0) is 21.1. The third-order valence-electron chi connectivity index (χ3n) is 6.27. The Morgan fingerprint density at radius 3 is 2.50 bits per heavy atom. The van der Waals surface area contributed by atoms with E-state index in [1.54, 1.807) is 7.11 Å². The lowest BCUT2D eigenvalue weighted by molar-refractivity contribution is -0.134. The van der Waals surface area contributed by atoms with Gasteiger partial charge in [0.1, 0.15) is 12.5 Å². The molecule has 5 heteroatoms. The fraction of sp³-hybridized carbons (Fsp3) is 0.480. The molecule has 2 aromatic carbocycles. The summed E-state index contributed by atoms with van der Waals surface area (Å²) in [7, 11) is 1.65. The Morgan fingerprint density at radius 1 is 1.07 bits per heavy atom. The molecule has 2 fully saturated rings. The number of rotatable bonds is 5. The fourth-order valence-corrected chi connectivity index (χ4v) is 4.78. The van der Waals surface area contributed by atoms with Crippen LogP contribution in [0.15, 0.2) is 42.5 Å². The molecular weight excluding hydrogens is 376 g/mol. The van der Waals surface area contributed by atoms with Crippen molar-refractivity contribution in [1.82, 2.24) is 9.80 Å². The van der Waals surface area contributed by atoms with Crippen molar-refractivity contribution in [1.29, 1.82) is 0 Å². The van der Waals surface area contributed by atoms with E-state index in [2.05, 4.69) is 36.9 Å². The number of nitrogens with zero attached hydrogens (tertiary/aromatic N) is 2. The molecule has 0 atom stereocenters. The van der Waals surface area contributed by atoms with Gasteiger partial charge in [0.15, 0.2) is 0 Å². The molecule has 2 aromatic rings. The van der Waals surface area contributed by atoms with Gasteiger partial charge in [-0.1, -0.05) is 41.5 Å². The number of methoxy groups -OCH3 is 1. The summed E-state index contributed by atoms with van der Waals surface area (Å²) in [6, 6.07) is 14.5. The first-order chi connectivity index (χ1) is 14.4. The molecule has 0 N–H and O–H groups in total. The van der Waals surface area contributed by atoms with E-state index in [9.17, 15) is 4.79 Å². The molecule has 0 aliphatic carbocycles. The third kappa shape index (κ3) is 4.85. The second-order valence-corrected chi connectivity index (χ2v) is 8.85. The first-order valence-electron chi connectivity index (χ1n) is 10.8. The van der Waals surface area contributed by atoms with Gasteiger partial charge in [0, 0.05) is 26.2 Å². The highest BCUT2D eigenvalue weighted by atomic mass is 16.5. The van der Waals surface area contributed by atoms with Gasteiger partial charge in [-0.15, -0.1) is 0 Å². The monoisotopic (exact) mass is 408 g/mol. The maximum Gasteiger partial charge on any atom is 0.226 e. The van der Waals surface area contributed by atoms with Crippen molar-refractivity contribution in [3.8, 4) is 5.75 Å². The van der Waals surface area contributed by atoms with Crippen LogP contribution < -0.4 is 4.74 Å². The van der Waals surface area contributed by atoms with Crippen molar-refractivity contribution in [3.05, 3.63) is 64.7 Å². The maximum absolute atomic E-state index is 12.8. The van der Waals surface area contributed by atoms with E-state index in [1.165, 1.54) is 16.7 Å². The molecule has 1 amide bonds. The van der Waals surface area contributed by atoms with Crippen molar-refractivity contribution in [2.45, 2.75) is 45.3 Å². The molecule has 2 aliphatic heterocycles. The lowest BCUT2D eigenvalue weighted by atomic mass is 9.91. The smallest absolute Gasteiger partial charge is 0.226 e. The molecule has 2 aliphatic rings. The molecular formula is C25H32N2O3. The summed E-state index contributed by atoms with van der Waals surface area (Å²) in [5.74, 6) is 0.976. The van der Waals surface area contributed by atoms with Crippen LogP contribution in [0, 0.1) is 13.8 Å². The number of amides is 1. The molecule has 0 bridgehead atoms. The highest BCUT2D eigenvalue weighted by molar-refractivity contribution is 5.79. The average molecular weight is 409 g/mol. The molecule has 30 heavy (non-hydrogen) atoms. The molecule has 0 radical (unpaired) electrons. The Hall–Kier alpha value is -2.37. The fourth-order valence-electron chi connectivity index (χ4n) is 4.78. The topological polar surface area (TPSA) is 42.0 Å².